The predicted octanol–water partition coefficient (Wildman–Crippen LogP) is -1.89. The lowest BCUT2D eigenvalue weighted by molar-refractivity contribution is 0.0139. The van der Waals surface area contributed by atoms with Crippen molar-refractivity contribution < 1.29 is 30.0 Å². The molecule has 0 aromatic carbocycles. The Bertz CT molecular complexity index is 573. The molecule has 26 heavy (non-hydrogen) atoms. The number of hydrogen-bond acceptors (Lipinski definition) is 8. The topological polar surface area (TPSA) is 147 Å². The van der Waals surface area contributed by atoms with Gasteiger partial charge in [-0.25, -0.2) is 9.97 Å². The Hall–Kier alpha value is -2.14. The molecule has 1 aromatic rings. The number of aliphatic hydroxyl groups excluding tert-OH is 4. The van der Waals surface area contributed by atoms with Gasteiger partial charge in [-0.1, -0.05) is 0 Å². The molecule has 1 rings (SSSR count). The van der Waals surface area contributed by atoms with E-state index in [1.807, 2.05) is 0 Å². The maximum Gasteiger partial charge on any atom is 0.274 e. The Morgan fingerprint density at radius 1 is 0.808 bits per heavy atom. The number of hydrogen-bond donors (Lipinski definition) is 4. The van der Waals surface area contributed by atoms with Gasteiger partial charge in [0.05, 0.1) is 49.9 Å². The van der Waals surface area contributed by atoms with Crippen LogP contribution in [0, 0.1) is 0 Å². The van der Waals surface area contributed by atoms with Crippen LogP contribution in [0.4, 0.5) is 0 Å². The molecule has 146 valence electrons. The summed E-state index contributed by atoms with van der Waals surface area (Å²) in [4.78, 5) is 35.0. The molecule has 0 atom stereocenters. The number of amides is 2. The van der Waals surface area contributed by atoms with Gasteiger partial charge in [-0.15, -0.1) is 0 Å². The van der Waals surface area contributed by atoms with Gasteiger partial charge in [0.2, 0.25) is 0 Å². The van der Waals surface area contributed by atoms with Crippen LogP contribution in [0.25, 0.3) is 0 Å². The Morgan fingerprint density at radius 3 is 1.27 bits per heavy atom. The summed E-state index contributed by atoms with van der Waals surface area (Å²) in [5, 5.41) is 37.5. The molecule has 0 spiro atoms. The number of rotatable bonds is 8. The van der Waals surface area contributed by atoms with Crippen LogP contribution in [0.3, 0.4) is 0 Å². The average Bonchev–Trinajstić information content (AvgIpc) is 2.70. The molecule has 1 heterocycles. The van der Waals surface area contributed by atoms with Gasteiger partial charge in [0, 0.05) is 14.1 Å². The number of carbonyl (C=O) groups is 2. The van der Waals surface area contributed by atoms with Gasteiger partial charge in [0.15, 0.2) is 0 Å². The monoisotopic (exact) mass is 370 g/mol. The van der Waals surface area contributed by atoms with Crippen molar-refractivity contribution in [3.8, 4) is 0 Å². The second-order valence-corrected chi connectivity index (χ2v) is 6.64. The minimum Gasteiger partial charge on any atom is -0.394 e. The van der Waals surface area contributed by atoms with Crippen molar-refractivity contribution in [3.05, 3.63) is 23.8 Å². The smallest absolute Gasteiger partial charge is 0.274 e. The first kappa shape index (κ1) is 21.9. The highest BCUT2D eigenvalue weighted by atomic mass is 16.3. The quantitative estimate of drug-likeness (QED) is 0.415. The third kappa shape index (κ3) is 4.15. The summed E-state index contributed by atoms with van der Waals surface area (Å²) in [6.07, 6.45) is 2.23. The number of carbonyl (C=O) groups excluding carboxylic acids is 2. The zero-order valence-electron chi connectivity index (χ0n) is 15.4. The van der Waals surface area contributed by atoms with Gasteiger partial charge >= 0.3 is 0 Å². The van der Waals surface area contributed by atoms with Crippen LogP contribution >= 0.6 is 0 Å². The van der Waals surface area contributed by atoms with Crippen LogP contribution in [0.5, 0.6) is 0 Å². The first-order valence-electron chi connectivity index (χ1n) is 7.92. The molecular formula is C16H26N4O6. The largest absolute Gasteiger partial charge is 0.394 e. The van der Waals surface area contributed by atoms with E-state index in [0.717, 1.165) is 22.2 Å². The van der Waals surface area contributed by atoms with E-state index in [9.17, 15) is 30.0 Å². The summed E-state index contributed by atoms with van der Waals surface area (Å²) in [6, 6.07) is 0. The zero-order chi connectivity index (χ0) is 20.1. The van der Waals surface area contributed by atoms with Gasteiger partial charge < -0.3 is 30.2 Å². The number of nitrogens with zero attached hydrogens (tertiary/aromatic N) is 4. The highest BCUT2D eigenvalue weighted by molar-refractivity contribution is 5.94. The first-order chi connectivity index (χ1) is 12.1. The molecule has 0 aliphatic heterocycles. The fraction of sp³-hybridized carbons (Fsp3) is 0.625. The maximum absolute atomic E-state index is 12.4. The SMILES string of the molecule is CN(C(=O)c1cnc(C(=O)N(C)C(C)(CO)CO)cn1)C(C)(CO)CO. The maximum atomic E-state index is 12.4. The van der Waals surface area contributed by atoms with Gasteiger partial charge in [-0.3, -0.25) is 9.59 Å². The van der Waals surface area contributed by atoms with E-state index >= 15 is 0 Å². The van der Waals surface area contributed by atoms with E-state index in [4.69, 9.17) is 0 Å². The van der Waals surface area contributed by atoms with Crippen LogP contribution in [-0.2, 0) is 0 Å². The summed E-state index contributed by atoms with van der Waals surface area (Å²) in [5.74, 6) is -1.16. The van der Waals surface area contributed by atoms with E-state index in [-0.39, 0.29) is 11.4 Å². The molecule has 0 saturated heterocycles. The zero-order valence-corrected chi connectivity index (χ0v) is 15.4. The Morgan fingerprint density at radius 2 is 1.08 bits per heavy atom. The fourth-order valence-electron chi connectivity index (χ4n) is 1.91. The third-order valence-corrected chi connectivity index (χ3v) is 4.68. The molecule has 0 fully saturated rings. The van der Waals surface area contributed by atoms with Crippen LogP contribution in [0.2, 0.25) is 0 Å². The van der Waals surface area contributed by atoms with Crippen LogP contribution in [-0.4, -0.2) is 104 Å². The molecule has 10 heteroatoms. The predicted molar refractivity (Wildman–Crippen MR) is 91.4 cm³/mol. The summed E-state index contributed by atoms with van der Waals surface area (Å²) in [6.45, 7) is 1.25. The van der Waals surface area contributed by atoms with E-state index in [1.165, 1.54) is 27.9 Å². The number of likely N-dealkylation sites (N-methyl/N-ethyl adjacent to an activating group) is 2. The van der Waals surface area contributed by atoms with Crippen molar-refractivity contribution >= 4 is 11.8 Å². The molecule has 0 saturated carbocycles. The standard InChI is InChI=1S/C16H26N4O6/c1-15(7-21,8-22)19(3)13(25)11-5-18-12(6-17-11)14(26)20(4)16(2,9-23)10-24/h5-6,21-24H,7-10H2,1-4H3. The Kier molecular flexibility index (Phi) is 7.16. The molecule has 0 bridgehead atoms. The molecular weight excluding hydrogens is 344 g/mol. The molecule has 0 unspecified atom stereocenters. The second-order valence-electron chi connectivity index (χ2n) is 6.64. The molecule has 0 radical (unpaired) electrons. The summed E-state index contributed by atoms with van der Waals surface area (Å²) in [5.41, 5.74) is -2.46. The number of aromatic nitrogens is 2. The Balaban J connectivity index is 3.02. The van der Waals surface area contributed by atoms with Gasteiger partial charge in [0.25, 0.3) is 11.8 Å². The summed E-state index contributed by atoms with van der Waals surface area (Å²) >= 11 is 0. The summed E-state index contributed by atoms with van der Waals surface area (Å²) < 4.78 is 0. The second kappa shape index (κ2) is 8.49. The van der Waals surface area contributed by atoms with Crippen molar-refractivity contribution in [2.45, 2.75) is 24.9 Å². The third-order valence-electron chi connectivity index (χ3n) is 4.68. The van der Waals surface area contributed by atoms with E-state index < -0.39 is 49.3 Å². The molecule has 0 aliphatic carbocycles. The minimum atomic E-state index is -1.17. The molecule has 10 nitrogen and oxygen atoms in total. The molecule has 2 amide bonds. The number of aliphatic hydroxyl groups is 4. The normalized spacial score (nSPS) is 12.0. The lowest BCUT2D eigenvalue weighted by Crippen LogP contribution is -2.53. The van der Waals surface area contributed by atoms with Crippen molar-refractivity contribution in [2.24, 2.45) is 0 Å². The molecule has 0 aliphatic rings. The highest BCUT2D eigenvalue weighted by Crippen LogP contribution is 2.16. The van der Waals surface area contributed by atoms with Gasteiger partial charge in [-0.05, 0) is 13.8 Å². The molecule has 1 aromatic heterocycles. The highest BCUT2D eigenvalue weighted by Gasteiger charge is 2.34. The lowest BCUT2D eigenvalue weighted by Gasteiger charge is -2.36. The van der Waals surface area contributed by atoms with Crippen LogP contribution in [0.15, 0.2) is 12.4 Å². The van der Waals surface area contributed by atoms with E-state index in [0.29, 0.717) is 0 Å². The lowest BCUT2D eigenvalue weighted by atomic mass is 10.0. The van der Waals surface area contributed by atoms with E-state index in [2.05, 4.69) is 9.97 Å². The fourth-order valence-corrected chi connectivity index (χ4v) is 1.91. The van der Waals surface area contributed by atoms with Gasteiger partial charge in [0.1, 0.15) is 11.4 Å². The van der Waals surface area contributed by atoms with Crippen molar-refractivity contribution in [3.63, 3.8) is 0 Å². The average molecular weight is 370 g/mol. The summed E-state index contributed by atoms with van der Waals surface area (Å²) in [7, 11) is 2.83. The van der Waals surface area contributed by atoms with Crippen molar-refractivity contribution in [1.82, 2.24) is 19.8 Å². The molecule has 4 N–H and O–H groups in total. The Labute approximate surface area is 151 Å². The van der Waals surface area contributed by atoms with Crippen LogP contribution < -0.4 is 0 Å². The van der Waals surface area contributed by atoms with E-state index in [1.54, 1.807) is 0 Å². The minimum absolute atomic E-state index is 0.0630. The first-order valence-corrected chi connectivity index (χ1v) is 7.92. The van der Waals surface area contributed by atoms with Crippen molar-refractivity contribution in [2.75, 3.05) is 40.5 Å². The van der Waals surface area contributed by atoms with Crippen molar-refractivity contribution in [1.29, 1.82) is 0 Å². The van der Waals surface area contributed by atoms with Gasteiger partial charge in [-0.2, -0.15) is 0 Å². The van der Waals surface area contributed by atoms with Crippen LogP contribution in [0.1, 0.15) is 34.8 Å².